The second-order valence-electron chi connectivity index (χ2n) is 4.72. The van der Waals surface area contributed by atoms with Crippen LogP contribution in [-0.4, -0.2) is 63.2 Å². The number of hydrogen-bond acceptors (Lipinski definition) is 4. The summed E-state index contributed by atoms with van der Waals surface area (Å²) < 4.78 is 0. The molecule has 0 spiro atoms. The van der Waals surface area contributed by atoms with Gasteiger partial charge in [-0.15, -0.1) is 0 Å². The van der Waals surface area contributed by atoms with E-state index >= 15 is 0 Å². The molecule has 0 radical (unpaired) electrons. The van der Waals surface area contributed by atoms with Gasteiger partial charge in [0.25, 0.3) is 0 Å². The Hall–Kier alpha value is -0.160. The fraction of sp³-hybridized carbons (Fsp3) is 1.00. The normalized spacial score (nSPS) is 16.0. The first-order valence-electron chi connectivity index (χ1n) is 5.75. The molecule has 2 unspecified atom stereocenters. The summed E-state index contributed by atoms with van der Waals surface area (Å²) >= 11 is 0. The average molecular weight is 216 g/mol. The molecule has 0 heterocycles. The van der Waals surface area contributed by atoms with Gasteiger partial charge < -0.3 is 21.3 Å². The minimum Gasteiger partial charge on any atom is -0.330 e. The largest absolute Gasteiger partial charge is 0.330 e. The molecule has 0 fully saturated rings. The smallest absolute Gasteiger partial charge is 0.0242 e. The molecular weight excluding hydrogens is 188 g/mol. The predicted octanol–water partition coefficient (Wildman–Crippen LogP) is -0.0655. The van der Waals surface area contributed by atoms with Gasteiger partial charge >= 0.3 is 0 Å². The standard InChI is InChI=1S/C11H28N4/c1-14(2)9-7-10(13)11(15(3)4)6-5-8-12/h10-11H,5-9,12-13H2,1-4H3. The van der Waals surface area contributed by atoms with E-state index in [1.54, 1.807) is 0 Å². The van der Waals surface area contributed by atoms with Gasteiger partial charge in [0, 0.05) is 12.1 Å². The van der Waals surface area contributed by atoms with Crippen LogP contribution in [0.3, 0.4) is 0 Å². The summed E-state index contributed by atoms with van der Waals surface area (Å²) in [4.78, 5) is 4.39. The molecule has 4 N–H and O–H groups in total. The Balaban J connectivity index is 3.98. The third-order valence-electron chi connectivity index (χ3n) is 2.77. The van der Waals surface area contributed by atoms with Gasteiger partial charge in [-0.1, -0.05) is 0 Å². The zero-order valence-corrected chi connectivity index (χ0v) is 10.7. The van der Waals surface area contributed by atoms with Crippen LogP contribution >= 0.6 is 0 Å². The fourth-order valence-electron chi connectivity index (χ4n) is 1.78. The molecular formula is C11H28N4. The summed E-state index contributed by atoms with van der Waals surface area (Å²) in [5.74, 6) is 0. The molecule has 0 amide bonds. The van der Waals surface area contributed by atoms with Crippen molar-refractivity contribution >= 4 is 0 Å². The highest BCUT2D eigenvalue weighted by molar-refractivity contribution is 4.79. The highest BCUT2D eigenvalue weighted by atomic mass is 15.1. The SMILES string of the molecule is CN(C)CCC(N)C(CCCN)N(C)C. The van der Waals surface area contributed by atoms with Crippen molar-refractivity contribution in [2.45, 2.75) is 31.3 Å². The molecule has 4 heteroatoms. The predicted molar refractivity (Wildman–Crippen MR) is 66.9 cm³/mol. The first-order valence-corrected chi connectivity index (χ1v) is 5.75. The van der Waals surface area contributed by atoms with Crippen LogP contribution in [-0.2, 0) is 0 Å². The molecule has 2 atom stereocenters. The topological polar surface area (TPSA) is 58.5 Å². The summed E-state index contributed by atoms with van der Waals surface area (Å²) in [6, 6.07) is 0.697. The van der Waals surface area contributed by atoms with Gasteiger partial charge in [0.15, 0.2) is 0 Å². The van der Waals surface area contributed by atoms with Gasteiger partial charge in [0.05, 0.1) is 0 Å². The summed E-state index contributed by atoms with van der Waals surface area (Å²) in [5.41, 5.74) is 11.7. The van der Waals surface area contributed by atoms with Crippen molar-refractivity contribution in [3.05, 3.63) is 0 Å². The first-order chi connectivity index (χ1) is 6.99. The molecule has 0 bridgehead atoms. The summed E-state index contributed by atoms with van der Waals surface area (Å²) in [7, 11) is 8.35. The van der Waals surface area contributed by atoms with Crippen LogP contribution in [0, 0.1) is 0 Å². The quantitative estimate of drug-likeness (QED) is 0.596. The summed E-state index contributed by atoms with van der Waals surface area (Å²) in [6.07, 6.45) is 3.19. The van der Waals surface area contributed by atoms with E-state index in [0.29, 0.717) is 6.04 Å². The van der Waals surface area contributed by atoms with Crippen LogP contribution in [0.5, 0.6) is 0 Å². The minimum absolute atomic E-state index is 0.244. The lowest BCUT2D eigenvalue weighted by Gasteiger charge is -2.30. The lowest BCUT2D eigenvalue weighted by atomic mass is 9.99. The highest BCUT2D eigenvalue weighted by Crippen LogP contribution is 2.09. The molecule has 0 saturated heterocycles. The van der Waals surface area contributed by atoms with E-state index in [1.165, 1.54) is 0 Å². The van der Waals surface area contributed by atoms with E-state index in [-0.39, 0.29) is 6.04 Å². The van der Waals surface area contributed by atoms with Crippen LogP contribution in [0.1, 0.15) is 19.3 Å². The van der Waals surface area contributed by atoms with E-state index in [9.17, 15) is 0 Å². The molecule has 0 aromatic carbocycles. The number of nitrogens with zero attached hydrogens (tertiary/aromatic N) is 2. The molecule has 0 aliphatic heterocycles. The lowest BCUT2D eigenvalue weighted by Crippen LogP contribution is -2.45. The van der Waals surface area contributed by atoms with E-state index in [2.05, 4.69) is 38.0 Å². The maximum absolute atomic E-state index is 6.20. The number of likely N-dealkylation sites (N-methyl/N-ethyl adjacent to an activating group) is 1. The number of hydrogen-bond donors (Lipinski definition) is 2. The van der Waals surface area contributed by atoms with Gasteiger partial charge in [-0.2, -0.15) is 0 Å². The van der Waals surface area contributed by atoms with Gasteiger partial charge in [0.2, 0.25) is 0 Å². The molecule has 15 heavy (non-hydrogen) atoms. The Bertz CT molecular complexity index is 148. The zero-order chi connectivity index (χ0) is 11.8. The minimum atomic E-state index is 0.244. The van der Waals surface area contributed by atoms with Crippen LogP contribution in [0.25, 0.3) is 0 Å². The Morgan fingerprint density at radius 2 is 1.67 bits per heavy atom. The van der Waals surface area contributed by atoms with Crippen LogP contribution in [0.15, 0.2) is 0 Å². The van der Waals surface area contributed by atoms with Crippen molar-refractivity contribution in [2.75, 3.05) is 41.3 Å². The van der Waals surface area contributed by atoms with Gasteiger partial charge in [-0.3, -0.25) is 0 Å². The van der Waals surface area contributed by atoms with Crippen molar-refractivity contribution in [3.63, 3.8) is 0 Å². The van der Waals surface area contributed by atoms with Crippen molar-refractivity contribution < 1.29 is 0 Å². The van der Waals surface area contributed by atoms with Crippen molar-refractivity contribution in [2.24, 2.45) is 11.5 Å². The molecule has 0 aliphatic carbocycles. The van der Waals surface area contributed by atoms with Crippen molar-refractivity contribution in [1.29, 1.82) is 0 Å². The van der Waals surface area contributed by atoms with Crippen LogP contribution < -0.4 is 11.5 Å². The Kier molecular flexibility index (Phi) is 7.96. The Morgan fingerprint density at radius 1 is 1.07 bits per heavy atom. The van der Waals surface area contributed by atoms with Gasteiger partial charge in [-0.05, 0) is 60.5 Å². The first kappa shape index (κ1) is 14.8. The summed E-state index contributed by atoms with van der Waals surface area (Å²) in [6.45, 7) is 1.80. The van der Waals surface area contributed by atoms with E-state index < -0.39 is 0 Å². The maximum Gasteiger partial charge on any atom is 0.0242 e. The molecule has 0 aliphatic rings. The Morgan fingerprint density at radius 3 is 2.07 bits per heavy atom. The number of nitrogens with two attached hydrogens (primary N) is 2. The van der Waals surface area contributed by atoms with Gasteiger partial charge in [-0.25, -0.2) is 0 Å². The second-order valence-corrected chi connectivity index (χ2v) is 4.72. The maximum atomic E-state index is 6.20. The molecule has 0 rings (SSSR count). The second kappa shape index (κ2) is 8.05. The molecule has 0 aromatic heterocycles. The lowest BCUT2D eigenvalue weighted by molar-refractivity contribution is 0.220. The van der Waals surface area contributed by atoms with Gasteiger partial charge in [0.1, 0.15) is 0 Å². The van der Waals surface area contributed by atoms with E-state index in [4.69, 9.17) is 11.5 Å². The van der Waals surface area contributed by atoms with Crippen molar-refractivity contribution in [3.8, 4) is 0 Å². The molecule has 0 saturated carbocycles. The average Bonchev–Trinajstić information content (AvgIpc) is 2.14. The molecule has 4 nitrogen and oxygen atoms in total. The molecule has 92 valence electrons. The third-order valence-corrected chi connectivity index (χ3v) is 2.77. The van der Waals surface area contributed by atoms with Crippen LogP contribution in [0.2, 0.25) is 0 Å². The Labute approximate surface area is 94.6 Å². The fourth-order valence-corrected chi connectivity index (χ4v) is 1.78. The van der Waals surface area contributed by atoms with E-state index in [1.807, 2.05) is 0 Å². The monoisotopic (exact) mass is 216 g/mol. The summed E-state index contributed by atoms with van der Waals surface area (Å²) in [5, 5.41) is 0. The van der Waals surface area contributed by atoms with Crippen molar-refractivity contribution in [1.82, 2.24) is 9.80 Å². The van der Waals surface area contributed by atoms with E-state index in [0.717, 1.165) is 32.4 Å². The molecule has 0 aromatic rings. The third kappa shape index (κ3) is 6.84. The number of rotatable bonds is 8. The highest BCUT2D eigenvalue weighted by Gasteiger charge is 2.19. The van der Waals surface area contributed by atoms with Crippen LogP contribution in [0.4, 0.5) is 0 Å². The zero-order valence-electron chi connectivity index (χ0n) is 10.7.